The summed E-state index contributed by atoms with van der Waals surface area (Å²) in [6.45, 7) is 2.41. The van der Waals surface area contributed by atoms with Crippen molar-refractivity contribution in [3.8, 4) is 67.1 Å². The van der Waals surface area contributed by atoms with E-state index >= 15 is 0 Å². The topological polar surface area (TPSA) is 12.5 Å². The van der Waals surface area contributed by atoms with Crippen LogP contribution in [0.2, 0.25) is 0 Å². The van der Waals surface area contributed by atoms with Gasteiger partial charge in [-0.05, 0) is 127 Å². The molecule has 3 aliphatic rings. The van der Waals surface area contributed by atoms with E-state index in [1.165, 1.54) is 72.3 Å². The Morgan fingerprint density at radius 1 is 0.296 bits per heavy atom. The molecule has 0 fully saturated rings. The van der Waals surface area contributed by atoms with Gasteiger partial charge in [-0.1, -0.05) is 224 Å². The van der Waals surface area contributed by atoms with Crippen molar-refractivity contribution in [3.63, 3.8) is 0 Å². The fraction of sp³-hybridized carbons (Fsp3) is 0.0435. The first-order chi connectivity index (χ1) is 35.1. The number of para-hydroxylation sites is 3. The molecule has 1 atom stereocenters. The summed E-state index contributed by atoms with van der Waals surface area (Å²) in [6.07, 6.45) is 0. The largest absolute Gasteiger partial charge is 0.457 e. The predicted molar refractivity (Wildman–Crippen MR) is 292 cm³/mol. The number of hydrogen-bond donors (Lipinski definition) is 0. The first-order valence-corrected chi connectivity index (χ1v) is 24.7. The Hall–Kier alpha value is -8.98. The Morgan fingerprint density at radius 3 is 1.34 bits per heavy atom. The Morgan fingerprint density at radius 2 is 0.704 bits per heavy atom. The molecule has 0 bridgehead atoms. The van der Waals surface area contributed by atoms with E-state index in [0.717, 1.165) is 50.8 Å². The first kappa shape index (κ1) is 41.0. The van der Waals surface area contributed by atoms with Crippen molar-refractivity contribution in [1.82, 2.24) is 0 Å². The first-order valence-electron chi connectivity index (χ1n) is 24.7. The molecule has 0 radical (unpaired) electrons. The van der Waals surface area contributed by atoms with Crippen LogP contribution in [0.15, 0.2) is 267 Å². The number of ether oxygens (including phenoxy) is 1. The molecule has 0 amide bonds. The van der Waals surface area contributed by atoms with Crippen molar-refractivity contribution in [1.29, 1.82) is 0 Å². The number of nitrogens with zero attached hydrogens (tertiary/aromatic N) is 1. The minimum Gasteiger partial charge on any atom is -0.457 e. The Labute approximate surface area is 415 Å². The second kappa shape index (κ2) is 16.1. The van der Waals surface area contributed by atoms with Gasteiger partial charge in [-0.15, -0.1) is 0 Å². The van der Waals surface area contributed by atoms with Gasteiger partial charge in [0.05, 0.1) is 11.1 Å². The molecule has 2 heteroatoms. The Kier molecular flexibility index (Phi) is 9.28. The van der Waals surface area contributed by atoms with E-state index < -0.39 is 5.41 Å². The van der Waals surface area contributed by atoms with E-state index in [2.05, 4.69) is 279 Å². The normalized spacial score (nSPS) is 15.1. The number of benzene rings is 11. The van der Waals surface area contributed by atoms with Crippen molar-refractivity contribution in [3.05, 3.63) is 306 Å². The molecule has 1 aliphatic heterocycles. The van der Waals surface area contributed by atoms with Crippen molar-refractivity contribution in [2.24, 2.45) is 0 Å². The molecule has 0 saturated heterocycles. The minimum absolute atomic E-state index is 0.388. The summed E-state index contributed by atoms with van der Waals surface area (Å²) in [7, 11) is 0. The van der Waals surface area contributed by atoms with Crippen LogP contribution in [0.1, 0.15) is 45.9 Å². The monoisotopic (exact) mass is 905 g/mol. The maximum Gasteiger partial charge on any atom is 0.132 e. The molecule has 0 saturated carbocycles. The lowest BCUT2D eigenvalue weighted by Gasteiger charge is -2.39. The molecule has 0 aromatic heterocycles. The average Bonchev–Trinajstić information content (AvgIpc) is 3.88. The van der Waals surface area contributed by atoms with E-state index in [9.17, 15) is 0 Å². The third-order valence-corrected chi connectivity index (χ3v) is 15.7. The third-order valence-electron chi connectivity index (χ3n) is 15.7. The molecule has 11 aromatic rings. The quantitative estimate of drug-likeness (QED) is 0.158. The zero-order valence-electron chi connectivity index (χ0n) is 39.3. The highest BCUT2D eigenvalue weighted by molar-refractivity contribution is 5.99. The standard InChI is InChI=1S/C69H47NO/c1-68(47-24-6-3-7-25-47)59-33-15-12-30-54(59)56-42-40-48(44-63(56)68)70(65-37-19-14-32-58(65)53-29-11-10-28-52(53)51-27-9-8-26-50(51)46-22-4-2-5-23-46)49-41-43-57-55-31-13-16-34-60(55)69(64(57)45-49)61-35-17-20-38-66(61)71-67-39-21-18-36-62(67)69/h2-45H,1H3. The highest BCUT2D eigenvalue weighted by Crippen LogP contribution is 2.63. The van der Waals surface area contributed by atoms with Gasteiger partial charge in [0, 0.05) is 33.5 Å². The Bertz CT molecular complexity index is 3840. The van der Waals surface area contributed by atoms with Gasteiger partial charge in [-0.25, -0.2) is 0 Å². The molecule has 1 heterocycles. The second-order valence-electron chi connectivity index (χ2n) is 19.2. The molecule has 1 unspecified atom stereocenters. The lowest BCUT2D eigenvalue weighted by atomic mass is 9.66. The Balaban J connectivity index is 1.05. The van der Waals surface area contributed by atoms with Crippen LogP contribution < -0.4 is 9.64 Å². The molecule has 71 heavy (non-hydrogen) atoms. The third kappa shape index (κ3) is 6.01. The maximum atomic E-state index is 6.77. The van der Waals surface area contributed by atoms with Crippen LogP contribution in [0.4, 0.5) is 17.1 Å². The number of anilines is 3. The molecule has 14 rings (SSSR count). The molecule has 2 nitrogen and oxygen atoms in total. The molecular weight excluding hydrogens is 859 g/mol. The van der Waals surface area contributed by atoms with Gasteiger partial charge < -0.3 is 9.64 Å². The molecule has 1 spiro atoms. The predicted octanol–water partition coefficient (Wildman–Crippen LogP) is 18.0. The van der Waals surface area contributed by atoms with Gasteiger partial charge in [0.1, 0.15) is 11.5 Å². The zero-order chi connectivity index (χ0) is 47.1. The SMILES string of the molecule is CC1(c2ccccc2)c2ccccc2-c2ccc(N(c3ccc4c(c3)C3(c5ccccc5Oc5ccccc53)c3ccccc3-4)c3ccccc3-c3ccccc3-c3ccccc3-c3ccccc3)cc21. The van der Waals surface area contributed by atoms with E-state index in [4.69, 9.17) is 4.74 Å². The lowest BCUT2D eigenvalue weighted by molar-refractivity contribution is 0.436. The van der Waals surface area contributed by atoms with E-state index in [1.54, 1.807) is 0 Å². The summed E-state index contributed by atoms with van der Waals surface area (Å²) in [5, 5.41) is 0. The van der Waals surface area contributed by atoms with Gasteiger partial charge in [0.25, 0.3) is 0 Å². The maximum absolute atomic E-state index is 6.77. The van der Waals surface area contributed by atoms with Gasteiger partial charge in [-0.2, -0.15) is 0 Å². The smallest absolute Gasteiger partial charge is 0.132 e. The van der Waals surface area contributed by atoms with Gasteiger partial charge in [0.2, 0.25) is 0 Å². The molecule has 11 aromatic carbocycles. The van der Waals surface area contributed by atoms with Crippen molar-refractivity contribution in [2.75, 3.05) is 4.90 Å². The van der Waals surface area contributed by atoms with Crippen LogP contribution >= 0.6 is 0 Å². The van der Waals surface area contributed by atoms with Gasteiger partial charge >= 0.3 is 0 Å². The summed E-state index contributed by atoms with van der Waals surface area (Å²) in [5.41, 5.74) is 23.0. The van der Waals surface area contributed by atoms with E-state index in [0.29, 0.717) is 0 Å². The average molecular weight is 906 g/mol. The zero-order valence-corrected chi connectivity index (χ0v) is 39.3. The van der Waals surface area contributed by atoms with E-state index in [1.807, 2.05) is 0 Å². The van der Waals surface area contributed by atoms with Crippen molar-refractivity contribution in [2.45, 2.75) is 17.8 Å². The lowest BCUT2D eigenvalue weighted by Crippen LogP contribution is -2.32. The van der Waals surface area contributed by atoms with Crippen LogP contribution in [-0.2, 0) is 10.8 Å². The van der Waals surface area contributed by atoms with Crippen LogP contribution in [0, 0.1) is 0 Å². The second-order valence-corrected chi connectivity index (χ2v) is 19.2. The molecule has 0 N–H and O–H groups in total. The number of rotatable bonds is 7. The van der Waals surface area contributed by atoms with Gasteiger partial charge in [-0.3, -0.25) is 0 Å². The highest BCUT2D eigenvalue weighted by atomic mass is 16.5. The number of fused-ring (bicyclic) bond motifs is 12. The summed E-state index contributed by atoms with van der Waals surface area (Å²) < 4.78 is 6.77. The summed E-state index contributed by atoms with van der Waals surface area (Å²) in [5.74, 6) is 1.76. The molecule has 334 valence electrons. The number of hydrogen-bond acceptors (Lipinski definition) is 2. The summed E-state index contributed by atoms with van der Waals surface area (Å²) in [4.78, 5) is 2.53. The fourth-order valence-electron chi connectivity index (χ4n) is 12.5. The van der Waals surface area contributed by atoms with E-state index in [-0.39, 0.29) is 5.41 Å². The molecule has 2 aliphatic carbocycles. The minimum atomic E-state index is -0.627. The van der Waals surface area contributed by atoms with Crippen LogP contribution in [0.25, 0.3) is 55.6 Å². The van der Waals surface area contributed by atoms with Gasteiger partial charge in [0.15, 0.2) is 0 Å². The van der Waals surface area contributed by atoms with Crippen LogP contribution in [0.5, 0.6) is 11.5 Å². The molecular formula is C69H47NO. The summed E-state index contributed by atoms with van der Waals surface area (Å²) in [6, 6.07) is 98.2. The fourth-order valence-corrected chi connectivity index (χ4v) is 12.5. The van der Waals surface area contributed by atoms with Crippen LogP contribution in [-0.4, -0.2) is 0 Å². The summed E-state index contributed by atoms with van der Waals surface area (Å²) >= 11 is 0. The van der Waals surface area contributed by atoms with Crippen molar-refractivity contribution >= 4 is 17.1 Å². The van der Waals surface area contributed by atoms with Crippen LogP contribution in [0.3, 0.4) is 0 Å². The highest BCUT2D eigenvalue weighted by Gasteiger charge is 2.51. The van der Waals surface area contributed by atoms with Crippen molar-refractivity contribution < 1.29 is 4.74 Å².